The molecule has 1 heterocycles. The topological polar surface area (TPSA) is 37.8 Å². The molecule has 0 spiro atoms. The number of hydrogen-bond acceptors (Lipinski definition) is 3. The van der Waals surface area contributed by atoms with Gasteiger partial charge in [-0.15, -0.1) is 0 Å². The van der Waals surface area contributed by atoms with Crippen molar-refractivity contribution < 1.29 is 0 Å². The minimum absolute atomic E-state index is 0.377. The summed E-state index contributed by atoms with van der Waals surface area (Å²) in [7, 11) is 2.04. The Morgan fingerprint density at radius 2 is 1.82 bits per heavy atom. The summed E-state index contributed by atoms with van der Waals surface area (Å²) in [4.78, 5) is 8.64. The Morgan fingerprint density at radius 3 is 2.41 bits per heavy atom. The Hall–Kier alpha value is -0.960. The first-order chi connectivity index (χ1) is 8.42. The zero-order chi connectivity index (χ0) is 11.9. The fourth-order valence-corrected chi connectivity index (χ4v) is 2.92. The molecule has 1 saturated carbocycles. The van der Waals surface area contributed by atoms with E-state index in [-0.39, 0.29) is 0 Å². The largest absolute Gasteiger partial charge is 0.311 e. The van der Waals surface area contributed by atoms with Gasteiger partial charge in [0.15, 0.2) is 0 Å². The Balaban J connectivity index is 2.05. The first-order valence-electron chi connectivity index (χ1n) is 6.85. The van der Waals surface area contributed by atoms with Crippen molar-refractivity contribution in [3.05, 3.63) is 24.3 Å². The van der Waals surface area contributed by atoms with Gasteiger partial charge in [-0.05, 0) is 25.8 Å². The predicted molar refractivity (Wildman–Crippen MR) is 69.6 cm³/mol. The second kappa shape index (κ2) is 6.70. The van der Waals surface area contributed by atoms with Crippen LogP contribution in [0.4, 0.5) is 0 Å². The number of rotatable bonds is 3. The maximum absolute atomic E-state index is 4.45. The van der Waals surface area contributed by atoms with E-state index in [2.05, 4.69) is 15.3 Å². The van der Waals surface area contributed by atoms with Crippen LogP contribution in [-0.2, 0) is 0 Å². The van der Waals surface area contributed by atoms with Crippen molar-refractivity contribution in [1.29, 1.82) is 0 Å². The van der Waals surface area contributed by atoms with Crippen LogP contribution >= 0.6 is 0 Å². The summed E-state index contributed by atoms with van der Waals surface area (Å²) in [6, 6.07) is 0.377. The molecule has 1 fully saturated rings. The van der Waals surface area contributed by atoms with Crippen LogP contribution in [0.25, 0.3) is 0 Å². The van der Waals surface area contributed by atoms with E-state index in [0.29, 0.717) is 6.04 Å². The summed E-state index contributed by atoms with van der Waals surface area (Å²) >= 11 is 0. The first-order valence-corrected chi connectivity index (χ1v) is 6.85. The van der Waals surface area contributed by atoms with Crippen molar-refractivity contribution in [3.63, 3.8) is 0 Å². The molecule has 94 valence electrons. The van der Waals surface area contributed by atoms with Crippen molar-refractivity contribution in [2.24, 2.45) is 5.92 Å². The van der Waals surface area contributed by atoms with E-state index in [1.165, 1.54) is 44.9 Å². The molecular weight excluding hydrogens is 210 g/mol. The molecule has 0 bridgehead atoms. The average Bonchev–Trinajstić information content (AvgIpc) is 2.34. The molecule has 0 amide bonds. The SMILES string of the molecule is CNC(c1cnccn1)C1CCCCCCC1. The summed E-state index contributed by atoms with van der Waals surface area (Å²) < 4.78 is 0. The summed E-state index contributed by atoms with van der Waals surface area (Å²) in [6.45, 7) is 0. The van der Waals surface area contributed by atoms with Crippen molar-refractivity contribution in [1.82, 2.24) is 15.3 Å². The molecular formula is C14H23N3. The number of aromatic nitrogens is 2. The highest BCUT2D eigenvalue weighted by Crippen LogP contribution is 2.31. The van der Waals surface area contributed by atoms with Gasteiger partial charge in [-0.1, -0.05) is 32.1 Å². The van der Waals surface area contributed by atoms with Gasteiger partial charge in [0.25, 0.3) is 0 Å². The Bertz CT molecular complexity index is 305. The average molecular weight is 233 g/mol. The molecule has 1 atom stereocenters. The molecule has 0 aliphatic heterocycles. The third kappa shape index (κ3) is 3.50. The van der Waals surface area contributed by atoms with Crippen molar-refractivity contribution >= 4 is 0 Å². The van der Waals surface area contributed by atoms with E-state index in [0.717, 1.165) is 11.6 Å². The Morgan fingerprint density at radius 1 is 1.12 bits per heavy atom. The lowest BCUT2D eigenvalue weighted by Gasteiger charge is -2.27. The van der Waals surface area contributed by atoms with Crippen LogP contribution < -0.4 is 5.32 Å². The molecule has 17 heavy (non-hydrogen) atoms. The van der Waals surface area contributed by atoms with E-state index in [1.54, 1.807) is 12.4 Å². The predicted octanol–water partition coefficient (Wildman–Crippen LogP) is 3.10. The molecule has 1 aliphatic rings. The van der Waals surface area contributed by atoms with Gasteiger partial charge in [0.1, 0.15) is 0 Å². The molecule has 2 rings (SSSR count). The highest BCUT2D eigenvalue weighted by Gasteiger charge is 2.23. The van der Waals surface area contributed by atoms with Crippen LogP contribution in [0.1, 0.15) is 56.7 Å². The molecule has 3 nitrogen and oxygen atoms in total. The second-order valence-corrected chi connectivity index (χ2v) is 5.00. The second-order valence-electron chi connectivity index (χ2n) is 5.00. The molecule has 1 aromatic heterocycles. The van der Waals surface area contributed by atoms with Crippen LogP contribution in [0.3, 0.4) is 0 Å². The minimum Gasteiger partial charge on any atom is -0.311 e. The highest BCUT2D eigenvalue weighted by molar-refractivity contribution is 5.04. The smallest absolute Gasteiger partial charge is 0.0758 e. The van der Waals surface area contributed by atoms with Crippen molar-refractivity contribution in [3.8, 4) is 0 Å². The van der Waals surface area contributed by atoms with E-state index in [4.69, 9.17) is 0 Å². The van der Waals surface area contributed by atoms with E-state index >= 15 is 0 Å². The van der Waals surface area contributed by atoms with Crippen LogP contribution in [0.5, 0.6) is 0 Å². The molecule has 1 N–H and O–H groups in total. The van der Waals surface area contributed by atoms with E-state index in [9.17, 15) is 0 Å². The van der Waals surface area contributed by atoms with Crippen molar-refractivity contribution in [2.75, 3.05) is 7.05 Å². The molecule has 1 unspecified atom stereocenters. The number of hydrogen-bond donors (Lipinski definition) is 1. The lowest BCUT2D eigenvalue weighted by atomic mass is 9.84. The van der Waals surface area contributed by atoms with Crippen LogP contribution in [0.15, 0.2) is 18.6 Å². The third-order valence-electron chi connectivity index (χ3n) is 3.83. The van der Waals surface area contributed by atoms with Gasteiger partial charge >= 0.3 is 0 Å². The van der Waals surface area contributed by atoms with E-state index in [1.807, 2.05) is 13.2 Å². The van der Waals surface area contributed by atoms with Gasteiger partial charge in [-0.25, -0.2) is 0 Å². The maximum Gasteiger partial charge on any atom is 0.0758 e. The fourth-order valence-electron chi connectivity index (χ4n) is 2.92. The number of nitrogens with one attached hydrogen (secondary N) is 1. The summed E-state index contributed by atoms with van der Waals surface area (Å²) in [5, 5.41) is 3.43. The van der Waals surface area contributed by atoms with Crippen LogP contribution in [-0.4, -0.2) is 17.0 Å². The first kappa shape index (κ1) is 12.5. The lowest BCUT2D eigenvalue weighted by Crippen LogP contribution is -2.27. The Kier molecular flexibility index (Phi) is 4.92. The van der Waals surface area contributed by atoms with E-state index < -0.39 is 0 Å². The summed E-state index contributed by atoms with van der Waals surface area (Å²) in [6.07, 6.45) is 15.0. The molecule has 0 saturated heterocycles. The zero-order valence-electron chi connectivity index (χ0n) is 10.7. The maximum atomic E-state index is 4.45. The normalized spacial score (nSPS) is 20.5. The molecule has 0 radical (unpaired) electrons. The van der Waals surface area contributed by atoms with Gasteiger partial charge in [0, 0.05) is 18.6 Å². The monoisotopic (exact) mass is 233 g/mol. The summed E-state index contributed by atoms with van der Waals surface area (Å²) in [5.41, 5.74) is 1.10. The van der Waals surface area contributed by atoms with Gasteiger partial charge in [-0.3, -0.25) is 9.97 Å². The van der Waals surface area contributed by atoms with Crippen LogP contribution in [0, 0.1) is 5.92 Å². The molecule has 3 heteroatoms. The standard InChI is InChI=1S/C14H23N3/c1-15-14(13-11-16-9-10-17-13)12-7-5-3-2-4-6-8-12/h9-12,14-15H,2-8H2,1H3. The van der Waals surface area contributed by atoms with Crippen LogP contribution in [0.2, 0.25) is 0 Å². The molecule has 1 aromatic rings. The van der Waals surface area contributed by atoms with Gasteiger partial charge in [0.2, 0.25) is 0 Å². The zero-order valence-corrected chi connectivity index (χ0v) is 10.7. The quantitative estimate of drug-likeness (QED) is 0.871. The Labute approximate surface area is 104 Å². The highest BCUT2D eigenvalue weighted by atomic mass is 14.9. The minimum atomic E-state index is 0.377. The van der Waals surface area contributed by atoms with Gasteiger partial charge in [-0.2, -0.15) is 0 Å². The summed E-state index contributed by atoms with van der Waals surface area (Å²) in [5.74, 6) is 0.719. The van der Waals surface area contributed by atoms with Crippen molar-refractivity contribution in [2.45, 2.75) is 51.0 Å². The lowest BCUT2D eigenvalue weighted by molar-refractivity contribution is 0.295. The van der Waals surface area contributed by atoms with Gasteiger partial charge < -0.3 is 5.32 Å². The number of nitrogens with zero attached hydrogens (tertiary/aromatic N) is 2. The molecule has 1 aliphatic carbocycles. The molecule has 0 aromatic carbocycles. The third-order valence-corrected chi connectivity index (χ3v) is 3.83. The fraction of sp³-hybridized carbons (Fsp3) is 0.714. The van der Waals surface area contributed by atoms with Gasteiger partial charge in [0.05, 0.1) is 11.7 Å².